The number of halogens is 2. The van der Waals surface area contributed by atoms with Gasteiger partial charge in [-0.15, -0.1) is 0 Å². The summed E-state index contributed by atoms with van der Waals surface area (Å²) in [5, 5.41) is 0. The van der Waals surface area contributed by atoms with E-state index in [4.69, 9.17) is 0 Å². The van der Waals surface area contributed by atoms with Gasteiger partial charge in [0.25, 0.3) is 0 Å². The molecule has 80 valence electrons. The number of nitrogens with zero attached hydrogens (tertiary/aromatic N) is 3. The Bertz CT molecular complexity index is 531. The summed E-state index contributed by atoms with van der Waals surface area (Å²) in [5.41, 5.74) is 0.760. The second-order valence-electron chi connectivity index (χ2n) is 2.94. The summed E-state index contributed by atoms with van der Waals surface area (Å²) in [5.74, 6) is -0.208. The quantitative estimate of drug-likeness (QED) is 0.787. The molecule has 2 aromatic rings. The van der Waals surface area contributed by atoms with Gasteiger partial charge in [0.05, 0.1) is 5.56 Å². The Morgan fingerprint density at radius 1 is 1.12 bits per heavy atom. The summed E-state index contributed by atoms with van der Waals surface area (Å²) in [4.78, 5) is 23.6. The number of carbonyl (C=O) groups excluding carboxylic acids is 1. The van der Waals surface area contributed by atoms with Gasteiger partial charge in [-0.25, -0.2) is 9.97 Å². The smallest absolute Gasteiger partial charge is 0.215 e. The summed E-state index contributed by atoms with van der Waals surface area (Å²) in [7, 11) is 0. The highest BCUT2D eigenvalue weighted by atomic mass is 79.9. The van der Waals surface area contributed by atoms with Crippen molar-refractivity contribution in [2.75, 3.05) is 0 Å². The lowest BCUT2D eigenvalue weighted by molar-refractivity contribution is 0.103. The second-order valence-corrected chi connectivity index (χ2v) is 4.71. The van der Waals surface area contributed by atoms with Gasteiger partial charge in [-0.2, -0.15) is 0 Å². The first-order valence-electron chi connectivity index (χ1n) is 4.29. The molecule has 0 aliphatic rings. The molecule has 0 amide bonds. The number of rotatable bonds is 2. The molecule has 0 unspecified atom stereocenters. The first-order chi connectivity index (χ1) is 7.68. The molecule has 2 rings (SSSR count). The number of hydrogen-bond donors (Lipinski definition) is 0. The van der Waals surface area contributed by atoms with E-state index in [0.29, 0.717) is 15.7 Å². The fraction of sp³-hybridized carbons (Fsp3) is 0. The molecule has 4 nitrogen and oxygen atoms in total. The van der Waals surface area contributed by atoms with Crippen molar-refractivity contribution >= 4 is 37.6 Å². The van der Waals surface area contributed by atoms with Crippen molar-refractivity contribution in [1.29, 1.82) is 0 Å². The van der Waals surface area contributed by atoms with Crippen LogP contribution in [0.2, 0.25) is 0 Å². The molecule has 0 aromatic carbocycles. The van der Waals surface area contributed by atoms with E-state index in [1.54, 1.807) is 12.3 Å². The predicted molar refractivity (Wildman–Crippen MR) is 65.1 cm³/mol. The van der Waals surface area contributed by atoms with Crippen molar-refractivity contribution in [2.45, 2.75) is 0 Å². The van der Waals surface area contributed by atoms with Crippen LogP contribution >= 0.6 is 31.9 Å². The predicted octanol–water partition coefficient (Wildman–Crippen LogP) is 2.63. The third-order valence-corrected chi connectivity index (χ3v) is 2.88. The first kappa shape index (κ1) is 11.3. The van der Waals surface area contributed by atoms with Crippen LogP contribution in [0, 0.1) is 0 Å². The number of pyridine rings is 1. The van der Waals surface area contributed by atoms with Crippen LogP contribution in [0.4, 0.5) is 0 Å². The monoisotopic (exact) mass is 341 g/mol. The molecule has 0 fully saturated rings. The molecule has 0 saturated heterocycles. The summed E-state index contributed by atoms with van der Waals surface area (Å²) in [6.45, 7) is 0. The Kier molecular flexibility index (Phi) is 3.40. The van der Waals surface area contributed by atoms with E-state index in [2.05, 4.69) is 46.8 Å². The molecule has 0 saturated carbocycles. The fourth-order valence-corrected chi connectivity index (χ4v) is 2.30. The standard InChI is InChI=1S/C10H5Br2N3O/c11-7-1-8(12)9(15-4-7)10(16)6-2-13-5-14-3-6/h1-5H. The van der Waals surface area contributed by atoms with Gasteiger partial charge in [-0.1, -0.05) is 0 Å². The van der Waals surface area contributed by atoms with E-state index in [-0.39, 0.29) is 5.78 Å². The average Bonchev–Trinajstić information content (AvgIpc) is 2.29. The normalized spacial score (nSPS) is 10.1. The zero-order valence-corrected chi connectivity index (χ0v) is 11.1. The Morgan fingerprint density at radius 2 is 1.81 bits per heavy atom. The van der Waals surface area contributed by atoms with Crippen LogP contribution in [0.3, 0.4) is 0 Å². The van der Waals surface area contributed by atoms with Crippen LogP contribution in [0.1, 0.15) is 16.1 Å². The SMILES string of the molecule is O=C(c1cncnc1)c1ncc(Br)cc1Br. The summed E-state index contributed by atoms with van der Waals surface area (Å²) in [6, 6.07) is 1.77. The molecule has 6 heteroatoms. The lowest BCUT2D eigenvalue weighted by atomic mass is 10.1. The fourth-order valence-electron chi connectivity index (χ4n) is 1.13. The number of hydrogen-bond acceptors (Lipinski definition) is 4. The van der Waals surface area contributed by atoms with E-state index in [1.807, 2.05) is 0 Å². The van der Waals surface area contributed by atoms with Crippen molar-refractivity contribution in [3.8, 4) is 0 Å². The van der Waals surface area contributed by atoms with Crippen LogP contribution in [-0.4, -0.2) is 20.7 Å². The van der Waals surface area contributed by atoms with Crippen molar-refractivity contribution in [3.63, 3.8) is 0 Å². The van der Waals surface area contributed by atoms with E-state index >= 15 is 0 Å². The van der Waals surface area contributed by atoms with E-state index in [9.17, 15) is 4.79 Å². The third-order valence-electron chi connectivity index (χ3n) is 1.85. The molecule has 2 heterocycles. The number of aromatic nitrogens is 3. The van der Waals surface area contributed by atoms with Crippen molar-refractivity contribution < 1.29 is 4.79 Å². The molecule has 0 aliphatic carbocycles. The van der Waals surface area contributed by atoms with Gasteiger partial charge < -0.3 is 0 Å². The van der Waals surface area contributed by atoms with Crippen LogP contribution in [-0.2, 0) is 0 Å². The lowest BCUT2D eigenvalue weighted by Crippen LogP contribution is -2.05. The molecule has 0 N–H and O–H groups in total. The third kappa shape index (κ3) is 2.33. The zero-order chi connectivity index (χ0) is 11.5. The molecular weight excluding hydrogens is 338 g/mol. The highest BCUT2D eigenvalue weighted by Gasteiger charge is 2.14. The second kappa shape index (κ2) is 4.80. The maximum absolute atomic E-state index is 12.0. The van der Waals surface area contributed by atoms with Gasteiger partial charge in [-0.3, -0.25) is 9.78 Å². The molecule has 0 radical (unpaired) electrons. The molecule has 0 aliphatic heterocycles. The topological polar surface area (TPSA) is 55.7 Å². The Morgan fingerprint density at radius 3 is 2.44 bits per heavy atom. The Hall–Kier alpha value is -1.14. The molecule has 0 bridgehead atoms. The van der Waals surface area contributed by atoms with E-state index < -0.39 is 0 Å². The molecule has 0 spiro atoms. The summed E-state index contributed by atoms with van der Waals surface area (Å²) >= 11 is 6.56. The largest absolute Gasteiger partial charge is 0.287 e. The average molecular weight is 343 g/mol. The molecular formula is C10H5Br2N3O. The maximum Gasteiger partial charge on any atom is 0.215 e. The van der Waals surface area contributed by atoms with Crippen LogP contribution in [0.25, 0.3) is 0 Å². The minimum absolute atomic E-state index is 0.208. The number of carbonyl (C=O) groups is 1. The Balaban J connectivity index is 2.42. The van der Waals surface area contributed by atoms with Crippen LogP contribution in [0.15, 0.2) is 39.9 Å². The lowest BCUT2D eigenvalue weighted by Gasteiger charge is -2.02. The van der Waals surface area contributed by atoms with Gasteiger partial charge in [-0.05, 0) is 37.9 Å². The van der Waals surface area contributed by atoms with Crippen molar-refractivity contribution in [2.24, 2.45) is 0 Å². The van der Waals surface area contributed by atoms with Crippen molar-refractivity contribution in [1.82, 2.24) is 15.0 Å². The van der Waals surface area contributed by atoms with Gasteiger partial charge >= 0.3 is 0 Å². The molecule has 16 heavy (non-hydrogen) atoms. The summed E-state index contributed by atoms with van der Waals surface area (Å²) in [6.07, 6.45) is 5.87. The zero-order valence-electron chi connectivity index (χ0n) is 7.89. The minimum Gasteiger partial charge on any atom is -0.287 e. The van der Waals surface area contributed by atoms with Crippen LogP contribution < -0.4 is 0 Å². The number of ketones is 1. The van der Waals surface area contributed by atoms with Gasteiger partial charge in [0, 0.05) is 27.5 Å². The first-order valence-corrected chi connectivity index (χ1v) is 5.88. The van der Waals surface area contributed by atoms with Gasteiger partial charge in [0.15, 0.2) is 0 Å². The van der Waals surface area contributed by atoms with Crippen molar-refractivity contribution in [3.05, 3.63) is 51.2 Å². The maximum atomic E-state index is 12.0. The highest BCUT2D eigenvalue weighted by Crippen LogP contribution is 2.21. The Labute approximate surface area is 108 Å². The summed E-state index contributed by atoms with van der Waals surface area (Å²) < 4.78 is 1.44. The highest BCUT2D eigenvalue weighted by molar-refractivity contribution is 9.11. The molecule has 0 atom stereocenters. The van der Waals surface area contributed by atoms with E-state index in [1.165, 1.54) is 18.7 Å². The van der Waals surface area contributed by atoms with E-state index in [0.717, 1.165) is 4.47 Å². The van der Waals surface area contributed by atoms with Crippen LogP contribution in [0.5, 0.6) is 0 Å². The minimum atomic E-state index is -0.208. The molecule has 2 aromatic heterocycles. The van der Waals surface area contributed by atoms with Gasteiger partial charge in [0.2, 0.25) is 5.78 Å². The van der Waals surface area contributed by atoms with Gasteiger partial charge in [0.1, 0.15) is 12.0 Å².